The molecule has 4 rings (SSSR count). The Balaban J connectivity index is 1.98. The van der Waals surface area contributed by atoms with E-state index in [4.69, 9.17) is 0 Å². The molecule has 24 heavy (non-hydrogen) atoms. The van der Waals surface area contributed by atoms with E-state index in [2.05, 4.69) is 15.4 Å². The van der Waals surface area contributed by atoms with Crippen LogP contribution in [-0.2, 0) is 0 Å². The summed E-state index contributed by atoms with van der Waals surface area (Å²) in [5.74, 6) is 0.198. The van der Waals surface area contributed by atoms with E-state index in [0.717, 1.165) is 16.8 Å². The van der Waals surface area contributed by atoms with Crippen molar-refractivity contribution >= 4 is 17.4 Å². The first-order valence-electron chi connectivity index (χ1n) is 7.42. The standard InChI is InChI=1S/C17H14N4O2S/c1-24-17-19-16(23)14-12-4-2-3-5-13(12)18-15(21(14)20-17)10-6-8-11(22)9-7-10/h2-9,15H,1H3,(H2,19,20,22,23)/p+1/t15-/m1/s1. The summed E-state index contributed by atoms with van der Waals surface area (Å²) in [6, 6.07) is 14.5. The Morgan fingerprint density at radius 3 is 2.67 bits per heavy atom. The summed E-state index contributed by atoms with van der Waals surface area (Å²) in [5.41, 5.74) is 2.93. The van der Waals surface area contributed by atoms with Crippen molar-refractivity contribution in [3.05, 3.63) is 64.4 Å². The maximum atomic E-state index is 12.6. The van der Waals surface area contributed by atoms with E-state index in [0.29, 0.717) is 10.9 Å². The van der Waals surface area contributed by atoms with Crippen molar-refractivity contribution in [3.63, 3.8) is 0 Å². The minimum Gasteiger partial charge on any atom is -0.508 e. The van der Waals surface area contributed by atoms with Crippen LogP contribution >= 0.6 is 11.8 Å². The normalized spacial score (nSPS) is 15.3. The van der Waals surface area contributed by atoms with Gasteiger partial charge in [0.05, 0.1) is 11.3 Å². The van der Waals surface area contributed by atoms with Gasteiger partial charge >= 0.3 is 11.3 Å². The number of phenols is 1. The monoisotopic (exact) mass is 339 g/mol. The number of aromatic amines is 1. The second kappa shape index (κ2) is 5.68. The van der Waals surface area contributed by atoms with Crippen molar-refractivity contribution < 1.29 is 9.79 Å². The van der Waals surface area contributed by atoms with Gasteiger partial charge in [0.1, 0.15) is 5.75 Å². The number of rotatable bonds is 2. The van der Waals surface area contributed by atoms with E-state index in [-0.39, 0.29) is 17.5 Å². The molecule has 3 N–H and O–H groups in total. The molecular weight excluding hydrogens is 324 g/mol. The number of fused-ring (bicyclic) bond motifs is 3. The number of benzene rings is 2. The Kier molecular flexibility index (Phi) is 3.50. The molecule has 0 radical (unpaired) electrons. The zero-order valence-electron chi connectivity index (χ0n) is 12.9. The Morgan fingerprint density at radius 2 is 1.92 bits per heavy atom. The molecule has 1 aromatic heterocycles. The Bertz CT molecular complexity index is 969. The van der Waals surface area contributed by atoms with Gasteiger partial charge in [-0.05, 0) is 47.3 Å². The van der Waals surface area contributed by atoms with Gasteiger partial charge in [-0.3, -0.25) is 9.78 Å². The third kappa shape index (κ3) is 2.33. The van der Waals surface area contributed by atoms with Crippen LogP contribution in [0.15, 0.2) is 58.5 Å². The number of phenolic OH excluding ortho intramolecular Hbond substituents is 1. The van der Waals surface area contributed by atoms with Gasteiger partial charge in [0, 0.05) is 10.7 Å². The number of hydrogen-bond donors (Lipinski definition) is 3. The van der Waals surface area contributed by atoms with Crippen LogP contribution in [0.25, 0.3) is 11.3 Å². The summed E-state index contributed by atoms with van der Waals surface area (Å²) in [5, 5.41) is 18.1. The van der Waals surface area contributed by atoms with Gasteiger partial charge < -0.3 is 10.4 Å². The number of H-pyrrole nitrogens is 1. The first-order valence-corrected chi connectivity index (χ1v) is 8.65. The molecule has 7 heteroatoms. The molecule has 0 amide bonds. The highest BCUT2D eigenvalue weighted by molar-refractivity contribution is 7.98. The lowest BCUT2D eigenvalue weighted by atomic mass is 10.0. The van der Waals surface area contributed by atoms with E-state index in [1.165, 1.54) is 11.8 Å². The Labute approximate surface area is 142 Å². The second-order valence-electron chi connectivity index (χ2n) is 5.44. The SMILES string of the molecule is CSc1n[n+]2c(c(=O)[nH]1)-c1ccccc1N[C@H]2c1ccc(O)cc1. The molecule has 0 saturated carbocycles. The Morgan fingerprint density at radius 1 is 1.17 bits per heavy atom. The topological polar surface area (TPSA) is 81.9 Å². The molecule has 1 atom stereocenters. The highest BCUT2D eigenvalue weighted by atomic mass is 32.2. The fourth-order valence-electron chi connectivity index (χ4n) is 2.86. The van der Waals surface area contributed by atoms with Crippen molar-refractivity contribution in [1.82, 2.24) is 10.1 Å². The number of nitrogens with one attached hydrogen (secondary N) is 2. The predicted molar refractivity (Wildman–Crippen MR) is 92.1 cm³/mol. The van der Waals surface area contributed by atoms with E-state index >= 15 is 0 Å². The van der Waals surface area contributed by atoms with Crippen molar-refractivity contribution in [2.24, 2.45) is 0 Å². The largest absolute Gasteiger partial charge is 0.508 e. The average Bonchev–Trinajstić information content (AvgIpc) is 2.61. The van der Waals surface area contributed by atoms with Gasteiger partial charge in [0.25, 0.3) is 6.17 Å². The summed E-state index contributed by atoms with van der Waals surface area (Å²) in [7, 11) is 0. The lowest BCUT2D eigenvalue weighted by Gasteiger charge is -2.22. The van der Waals surface area contributed by atoms with E-state index in [1.807, 2.05) is 42.7 Å². The molecular formula is C17H15N4O2S+. The number of nitrogens with zero attached hydrogens (tertiary/aromatic N) is 2. The fraction of sp³-hybridized carbons (Fsp3) is 0.118. The molecule has 0 spiro atoms. The van der Waals surface area contributed by atoms with Crippen molar-refractivity contribution in [1.29, 1.82) is 0 Å². The summed E-state index contributed by atoms with van der Waals surface area (Å²) >= 11 is 1.38. The highest BCUT2D eigenvalue weighted by Crippen LogP contribution is 2.31. The molecule has 0 aliphatic carbocycles. The molecule has 0 unspecified atom stereocenters. The molecule has 2 heterocycles. The smallest absolute Gasteiger partial charge is 0.325 e. The first-order chi connectivity index (χ1) is 11.7. The van der Waals surface area contributed by atoms with Crippen molar-refractivity contribution in [2.75, 3.05) is 11.6 Å². The molecule has 2 aromatic carbocycles. The number of aromatic hydroxyl groups is 1. The van der Waals surface area contributed by atoms with Crippen LogP contribution in [0.2, 0.25) is 0 Å². The molecule has 0 bridgehead atoms. The minimum absolute atomic E-state index is 0.174. The van der Waals surface area contributed by atoms with Gasteiger partial charge in [0.15, 0.2) is 0 Å². The van der Waals surface area contributed by atoms with Gasteiger partial charge in [0.2, 0.25) is 5.16 Å². The van der Waals surface area contributed by atoms with E-state index in [9.17, 15) is 9.90 Å². The van der Waals surface area contributed by atoms with Gasteiger partial charge in [-0.1, -0.05) is 23.9 Å². The van der Waals surface area contributed by atoms with Gasteiger partial charge in [-0.25, -0.2) is 0 Å². The first kappa shape index (κ1) is 14.8. The molecule has 3 aromatic rings. The van der Waals surface area contributed by atoms with Crippen LogP contribution in [0.5, 0.6) is 5.75 Å². The fourth-order valence-corrected chi connectivity index (χ4v) is 3.23. The molecule has 1 aliphatic rings. The zero-order valence-corrected chi connectivity index (χ0v) is 13.7. The summed E-state index contributed by atoms with van der Waals surface area (Å²) in [4.78, 5) is 15.5. The molecule has 0 saturated heterocycles. The minimum atomic E-state index is -0.330. The summed E-state index contributed by atoms with van der Waals surface area (Å²) < 4.78 is 1.71. The average molecular weight is 339 g/mol. The number of thioether (sulfide) groups is 1. The van der Waals surface area contributed by atoms with Crippen LogP contribution < -0.4 is 15.6 Å². The van der Waals surface area contributed by atoms with Crippen LogP contribution in [0.1, 0.15) is 11.7 Å². The quantitative estimate of drug-likeness (QED) is 0.492. The lowest BCUT2D eigenvalue weighted by Crippen LogP contribution is -2.55. The third-order valence-corrected chi connectivity index (χ3v) is 4.55. The molecule has 1 aliphatic heterocycles. The van der Waals surface area contributed by atoms with Gasteiger partial charge in [-0.15, -0.1) is 0 Å². The third-order valence-electron chi connectivity index (χ3n) is 3.98. The second-order valence-corrected chi connectivity index (χ2v) is 6.24. The van der Waals surface area contributed by atoms with Gasteiger partial charge in [-0.2, -0.15) is 0 Å². The number of aromatic nitrogens is 3. The highest BCUT2D eigenvalue weighted by Gasteiger charge is 2.37. The molecule has 6 nitrogen and oxygen atoms in total. The maximum absolute atomic E-state index is 12.6. The van der Waals surface area contributed by atoms with Crippen LogP contribution in [0.3, 0.4) is 0 Å². The predicted octanol–water partition coefficient (Wildman–Crippen LogP) is 2.12. The van der Waals surface area contributed by atoms with E-state index < -0.39 is 0 Å². The van der Waals surface area contributed by atoms with Crippen molar-refractivity contribution in [2.45, 2.75) is 11.3 Å². The lowest BCUT2D eigenvalue weighted by molar-refractivity contribution is -0.759. The Hall–Kier alpha value is -2.80. The summed E-state index contributed by atoms with van der Waals surface area (Å²) in [6.45, 7) is 0. The maximum Gasteiger partial charge on any atom is 0.325 e. The van der Waals surface area contributed by atoms with Crippen LogP contribution in [0.4, 0.5) is 5.69 Å². The van der Waals surface area contributed by atoms with Crippen LogP contribution in [0, 0.1) is 0 Å². The van der Waals surface area contributed by atoms with Crippen LogP contribution in [-0.4, -0.2) is 21.4 Å². The molecule has 0 fully saturated rings. The van der Waals surface area contributed by atoms with E-state index in [1.54, 1.807) is 16.8 Å². The molecule has 120 valence electrons. The zero-order chi connectivity index (χ0) is 16.7. The van der Waals surface area contributed by atoms with Crippen molar-refractivity contribution in [3.8, 4) is 17.0 Å². The number of anilines is 1. The number of hydrogen-bond acceptors (Lipinski definition) is 5. The summed E-state index contributed by atoms with van der Waals surface area (Å²) in [6.07, 6.45) is 1.54. The number of para-hydroxylation sites is 1.